The third-order valence-electron chi connectivity index (χ3n) is 2.24. The Morgan fingerprint density at radius 3 is 2.53 bits per heavy atom. The van der Waals surface area contributed by atoms with Gasteiger partial charge in [0.1, 0.15) is 0 Å². The summed E-state index contributed by atoms with van der Waals surface area (Å²) in [5, 5.41) is 2.89. The maximum Gasteiger partial charge on any atom is 0.236 e. The van der Waals surface area contributed by atoms with Crippen molar-refractivity contribution < 1.29 is 4.79 Å². The predicted molar refractivity (Wildman–Crippen MR) is 66.0 cm³/mol. The van der Waals surface area contributed by atoms with Crippen LogP contribution < -0.4 is 5.32 Å². The van der Waals surface area contributed by atoms with Crippen molar-refractivity contribution in [3.05, 3.63) is 35.4 Å². The smallest absolute Gasteiger partial charge is 0.236 e. The highest BCUT2D eigenvalue weighted by Gasteiger charge is 2.22. The van der Waals surface area contributed by atoms with Gasteiger partial charge in [0.05, 0.1) is 4.32 Å². The van der Waals surface area contributed by atoms with Crippen molar-refractivity contribution >= 4 is 21.8 Å². The molecule has 0 aromatic heterocycles. The van der Waals surface area contributed by atoms with Gasteiger partial charge in [0.15, 0.2) is 0 Å². The molecule has 0 saturated carbocycles. The van der Waals surface area contributed by atoms with Crippen LogP contribution in [-0.2, 0) is 11.3 Å². The molecule has 0 aliphatic carbocycles. The lowest BCUT2D eigenvalue weighted by molar-refractivity contribution is -0.122. The van der Waals surface area contributed by atoms with Crippen LogP contribution in [0.25, 0.3) is 0 Å². The van der Waals surface area contributed by atoms with Gasteiger partial charge in [-0.1, -0.05) is 40.2 Å². The third-order valence-corrected chi connectivity index (χ3v) is 2.60. The van der Waals surface area contributed by atoms with Crippen LogP contribution in [0.4, 0.5) is 0 Å². The molecule has 0 fully saturated rings. The lowest BCUT2D eigenvalue weighted by Crippen LogP contribution is -2.37. The van der Waals surface area contributed by atoms with Crippen LogP contribution in [0.15, 0.2) is 24.3 Å². The number of aryl methyl sites for hydroxylation is 1. The third kappa shape index (κ3) is 3.67. The second-order valence-corrected chi connectivity index (χ2v) is 6.06. The molecule has 0 aliphatic heterocycles. The molecule has 1 aromatic rings. The molecule has 0 radical (unpaired) electrons. The first-order valence-electron chi connectivity index (χ1n) is 4.93. The Bertz CT molecular complexity index is 355. The van der Waals surface area contributed by atoms with Gasteiger partial charge in [0, 0.05) is 6.54 Å². The molecule has 0 bridgehead atoms. The molecule has 0 heterocycles. The Morgan fingerprint density at radius 2 is 2.00 bits per heavy atom. The van der Waals surface area contributed by atoms with E-state index in [0.29, 0.717) is 6.54 Å². The van der Waals surface area contributed by atoms with Crippen molar-refractivity contribution in [3.63, 3.8) is 0 Å². The number of halogens is 1. The molecule has 15 heavy (non-hydrogen) atoms. The van der Waals surface area contributed by atoms with Gasteiger partial charge in [-0.2, -0.15) is 0 Å². The molecule has 0 aliphatic rings. The van der Waals surface area contributed by atoms with Gasteiger partial charge in [-0.05, 0) is 31.9 Å². The molecule has 0 atom stereocenters. The Morgan fingerprint density at radius 1 is 1.40 bits per heavy atom. The van der Waals surface area contributed by atoms with Gasteiger partial charge >= 0.3 is 0 Å². The molecule has 1 amide bonds. The zero-order chi connectivity index (χ0) is 11.5. The number of alkyl halides is 1. The van der Waals surface area contributed by atoms with Crippen LogP contribution in [0.2, 0.25) is 0 Å². The minimum Gasteiger partial charge on any atom is -0.351 e. The number of carbonyl (C=O) groups excluding carboxylic acids is 1. The molecule has 0 saturated heterocycles. The number of amides is 1. The van der Waals surface area contributed by atoms with Crippen molar-refractivity contribution in [1.82, 2.24) is 5.32 Å². The SMILES string of the molecule is Cc1ccccc1CNC(=O)C(C)(C)Br. The number of benzene rings is 1. The van der Waals surface area contributed by atoms with E-state index in [1.54, 1.807) is 0 Å². The number of carbonyl (C=O) groups is 1. The topological polar surface area (TPSA) is 29.1 Å². The van der Waals surface area contributed by atoms with Gasteiger partial charge in [0.25, 0.3) is 0 Å². The number of rotatable bonds is 3. The highest BCUT2D eigenvalue weighted by atomic mass is 79.9. The first-order valence-corrected chi connectivity index (χ1v) is 5.72. The Kier molecular flexibility index (Phi) is 3.91. The van der Waals surface area contributed by atoms with E-state index in [-0.39, 0.29) is 5.91 Å². The van der Waals surface area contributed by atoms with E-state index in [9.17, 15) is 4.79 Å². The summed E-state index contributed by atoms with van der Waals surface area (Å²) < 4.78 is -0.504. The van der Waals surface area contributed by atoms with E-state index in [1.165, 1.54) is 5.56 Å². The molecule has 1 N–H and O–H groups in total. The van der Waals surface area contributed by atoms with Gasteiger partial charge in [-0.15, -0.1) is 0 Å². The monoisotopic (exact) mass is 269 g/mol. The summed E-state index contributed by atoms with van der Waals surface area (Å²) in [6, 6.07) is 8.04. The Hall–Kier alpha value is -0.830. The number of nitrogens with one attached hydrogen (secondary N) is 1. The quantitative estimate of drug-likeness (QED) is 0.841. The average molecular weight is 270 g/mol. The molecule has 1 aromatic carbocycles. The van der Waals surface area contributed by atoms with Gasteiger partial charge in [-0.3, -0.25) is 4.79 Å². The molecule has 1 rings (SSSR count). The normalized spacial score (nSPS) is 11.2. The molecule has 0 spiro atoms. The maximum atomic E-state index is 11.6. The Labute approximate surface area is 99.2 Å². The highest BCUT2D eigenvalue weighted by Crippen LogP contribution is 2.16. The second kappa shape index (κ2) is 4.79. The van der Waals surface area contributed by atoms with Gasteiger partial charge in [-0.25, -0.2) is 0 Å². The van der Waals surface area contributed by atoms with Crippen molar-refractivity contribution in [1.29, 1.82) is 0 Å². The summed E-state index contributed by atoms with van der Waals surface area (Å²) in [6.45, 7) is 6.29. The van der Waals surface area contributed by atoms with E-state index in [4.69, 9.17) is 0 Å². The lowest BCUT2D eigenvalue weighted by Gasteiger charge is -2.16. The summed E-state index contributed by atoms with van der Waals surface area (Å²) in [6.07, 6.45) is 0. The van der Waals surface area contributed by atoms with Crippen LogP contribution in [0.5, 0.6) is 0 Å². The lowest BCUT2D eigenvalue weighted by atomic mass is 10.1. The van der Waals surface area contributed by atoms with Gasteiger partial charge in [0.2, 0.25) is 5.91 Å². The molecular weight excluding hydrogens is 254 g/mol. The molecule has 3 heteroatoms. The fourth-order valence-electron chi connectivity index (χ4n) is 1.19. The largest absolute Gasteiger partial charge is 0.351 e. The van der Waals surface area contributed by atoms with E-state index < -0.39 is 4.32 Å². The molecule has 0 unspecified atom stereocenters. The van der Waals surface area contributed by atoms with E-state index >= 15 is 0 Å². The van der Waals surface area contributed by atoms with Crippen molar-refractivity contribution in [2.45, 2.75) is 31.6 Å². The molecule has 82 valence electrons. The number of hydrogen-bond donors (Lipinski definition) is 1. The average Bonchev–Trinajstić information content (AvgIpc) is 2.14. The van der Waals surface area contributed by atoms with Crippen LogP contribution in [0.3, 0.4) is 0 Å². The number of hydrogen-bond acceptors (Lipinski definition) is 1. The van der Waals surface area contributed by atoms with Crippen molar-refractivity contribution in [2.24, 2.45) is 0 Å². The molecule has 2 nitrogen and oxygen atoms in total. The van der Waals surface area contributed by atoms with E-state index in [0.717, 1.165) is 5.56 Å². The minimum absolute atomic E-state index is 0.00533. The summed E-state index contributed by atoms with van der Waals surface area (Å²) in [5.41, 5.74) is 2.35. The first kappa shape index (κ1) is 12.2. The van der Waals surface area contributed by atoms with E-state index in [1.807, 2.05) is 45.0 Å². The predicted octanol–water partition coefficient (Wildman–Crippen LogP) is 2.78. The zero-order valence-electron chi connectivity index (χ0n) is 9.30. The van der Waals surface area contributed by atoms with Gasteiger partial charge < -0.3 is 5.32 Å². The first-order chi connectivity index (χ1) is 6.91. The summed E-state index contributed by atoms with van der Waals surface area (Å²) >= 11 is 3.32. The van der Waals surface area contributed by atoms with Crippen molar-refractivity contribution in [3.8, 4) is 0 Å². The summed E-state index contributed by atoms with van der Waals surface area (Å²) in [4.78, 5) is 11.6. The van der Waals surface area contributed by atoms with Crippen molar-refractivity contribution in [2.75, 3.05) is 0 Å². The minimum atomic E-state index is -0.504. The van der Waals surface area contributed by atoms with Crippen LogP contribution in [-0.4, -0.2) is 10.2 Å². The second-order valence-electron chi connectivity index (χ2n) is 4.08. The van der Waals surface area contributed by atoms with Crippen LogP contribution in [0.1, 0.15) is 25.0 Å². The standard InChI is InChI=1S/C12H16BrNO/c1-9-6-4-5-7-10(9)8-14-11(15)12(2,3)13/h4-7H,8H2,1-3H3,(H,14,15). The van der Waals surface area contributed by atoms with E-state index in [2.05, 4.69) is 21.2 Å². The molecular formula is C12H16BrNO. The maximum absolute atomic E-state index is 11.6. The summed E-state index contributed by atoms with van der Waals surface area (Å²) in [7, 11) is 0. The van der Waals surface area contributed by atoms with Crippen LogP contribution >= 0.6 is 15.9 Å². The fraction of sp³-hybridized carbons (Fsp3) is 0.417. The fourth-order valence-corrected chi connectivity index (χ4v) is 1.33. The Balaban J connectivity index is 2.59. The van der Waals surface area contributed by atoms with Crippen LogP contribution in [0, 0.1) is 6.92 Å². The highest BCUT2D eigenvalue weighted by molar-refractivity contribution is 9.10. The summed E-state index contributed by atoms with van der Waals surface area (Å²) in [5.74, 6) is 0.00533. The zero-order valence-corrected chi connectivity index (χ0v) is 10.9.